The maximum Gasteiger partial charge on any atom is 0.420 e. The summed E-state index contributed by atoms with van der Waals surface area (Å²) in [6, 6.07) is 9.48. The third-order valence-corrected chi connectivity index (χ3v) is 3.97. The zero-order valence-corrected chi connectivity index (χ0v) is 15.6. The van der Waals surface area contributed by atoms with Crippen LogP contribution in [0.2, 0.25) is 0 Å². The number of carbonyl (C=O) groups excluding carboxylic acids is 1. The first-order valence-corrected chi connectivity index (χ1v) is 8.18. The van der Waals surface area contributed by atoms with Crippen LogP contribution in [0, 0.1) is 13.8 Å². The number of aryl methyl sites for hydroxylation is 2. The molecule has 0 radical (unpaired) electrons. The third kappa shape index (κ3) is 4.55. The largest absolute Gasteiger partial charge is 0.443 e. The van der Waals surface area contributed by atoms with Gasteiger partial charge in [0.1, 0.15) is 11.4 Å². The summed E-state index contributed by atoms with van der Waals surface area (Å²) in [4.78, 5) is 18.5. The van der Waals surface area contributed by atoms with Crippen LogP contribution in [0.15, 0.2) is 41.0 Å². The molecular formula is C18H21BrN2O2. The van der Waals surface area contributed by atoms with E-state index in [4.69, 9.17) is 4.74 Å². The van der Waals surface area contributed by atoms with Gasteiger partial charge in [-0.3, -0.25) is 0 Å². The second-order valence-corrected chi connectivity index (χ2v) is 7.29. The Morgan fingerprint density at radius 3 is 2.43 bits per heavy atom. The summed E-state index contributed by atoms with van der Waals surface area (Å²) < 4.78 is 6.48. The van der Waals surface area contributed by atoms with E-state index in [2.05, 4.69) is 20.9 Å². The second-order valence-electron chi connectivity index (χ2n) is 6.44. The number of ether oxygens (including phenoxy) is 1. The van der Waals surface area contributed by atoms with Gasteiger partial charge in [0, 0.05) is 10.7 Å². The number of carbonyl (C=O) groups is 1. The van der Waals surface area contributed by atoms with E-state index < -0.39 is 11.7 Å². The molecule has 0 saturated carbocycles. The van der Waals surface area contributed by atoms with E-state index >= 15 is 0 Å². The van der Waals surface area contributed by atoms with Crippen molar-refractivity contribution in [2.75, 3.05) is 4.90 Å². The van der Waals surface area contributed by atoms with Gasteiger partial charge in [-0.25, -0.2) is 14.7 Å². The van der Waals surface area contributed by atoms with Gasteiger partial charge < -0.3 is 4.74 Å². The van der Waals surface area contributed by atoms with Crippen LogP contribution in [0.3, 0.4) is 0 Å². The summed E-state index contributed by atoms with van der Waals surface area (Å²) in [5, 5.41) is 0. The molecule has 0 bridgehead atoms. The van der Waals surface area contributed by atoms with Gasteiger partial charge in [-0.05, 0) is 70.0 Å². The molecule has 1 aromatic carbocycles. The van der Waals surface area contributed by atoms with Crippen LogP contribution in [0.4, 0.5) is 16.3 Å². The number of rotatable bonds is 2. The fraction of sp³-hybridized carbons (Fsp3) is 0.333. The van der Waals surface area contributed by atoms with Crippen molar-refractivity contribution in [2.45, 2.75) is 40.2 Å². The average Bonchev–Trinajstić information content (AvgIpc) is 2.41. The van der Waals surface area contributed by atoms with Gasteiger partial charge in [0.2, 0.25) is 0 Å². The van der Waals surface area contributed by atoms with E-state index in [1.54, 1.807) is 6.20 Å². The van der Waals surface area contributed by atoms with Crippen molar-refractivity contribution in [2.24, 2.45) is 0 Å². The molecule has 2 aromatic rings. The van der Waals surface area contributed by atoms with Gasteiger partial charge in [0.25, 0.3) is 0 Å². The first-order valence-electron chi connectivity index (χ1n) is 7.39. The Bertz CT molecular complexity index is 723. The predicted octanol–water partition coefficient (Wildman–Crippen LogP) is 5.53. The van der Waals surface area contributed by atoms with Crippen LogP contribution in [0.1, 0.15) is 31.9 Å². The molecule has 23 heavy (non-hydrogen) atoms. The van der Waals surface area contributed by atoms with Gasteiger partial charge in [-0.15, -0.1) is 0 Å². The smallest absolute Gasteiger partial charge is 0.420 e. The van der Waals surface area contributed by atoms with Crippen molar-refractivity contribution in [3.8, 4) is 0 Å². The zero-order valence-electron chi connectivity index (χ0n) is 14.1. The van der Waals surface area contributed by atoms with E-state index in [1.807, 2.05) is 65.0 Å². The number of nitrogens with zero attached hydrogens (tertiary/aromatic N) is 2. The fourth-order valence-corrected chi connectivity index (χ4v) is 2.37. The Hall–Kier alpha value is -1.88. The van der Waals surface area contributed by atoms with Crippen molar-refractivity contribution >= 4 is 33.5 Å². The first-order chi connectivity index (χ1) is 10.7. The number of benzene rings is 1. The Balaban J connectivity index is 2.50. The summed E-state index contributed by atoms with van der Waals surface area (Å²) in [6.07, 6.45) is 1.23. The van der Waals surface area contributed by atoms with Crippen LogP contribution >= 0.6 is 15.9 Å². The van der Waals surface area contributed by atoms with E-state index in [0.29, 0.717) is 11.5 Å². The molecular weight excluding hydrogens is 356 g/mol. The lowest BCUT2D eigenvalue weighted by Crippen LogP contribution is -2.34. The standard InChI is InChI=1S/C18H21BrN2O2/c1-12-8-9-20-16(10-12)21(17(22)23-18(3,4)5)14-7-6-13(2)15(19)11-14/h6-11H,1-5H3. The predicted molar refractivity (Wildman–Crippen MR) is 96.2 cm³/mol. The fourth-order valence-electron chi connectivity index (χ4n) is 2.00. The minimum atomic E-state index is -0.582. The molecule has 0 atom stereocenters. The molecule has 1 aromatic heterocycles. The molecule has 0 aliphatic rings. The Labute approximate surface area is 145 Å². The lowest BCUT2D eigenvalue weighted by molar-refractivity contribution is 0.0598. The average molecular weight is 377 g/mol. The molecule has 0 fully saturated rings. The highest BCUT2D eigenvalue weighted by Crippen LogP contribution is 2.30. The van der Waals surface area contributed by atoms with Gasteiger partial charge in [-0.1, -0.05) is 22.0 Å². The molecule has 0 saturated heterocycles. The molecule has 2 rings (SSSR count). The number of hydrogen-bond acceptors (Lipinski definition) is 3. The molecule has 0 N–H and O–H groups in total. The van der Waals surface area contributed by atoms with E-state index in [-0.39, 0.29) is 0 Å². The molecule has 4 nitrogen and oxygen atoms in total. The summed E-state index contributed by atoms with van der Waals surface area (Å²) in [5.74, 6) is 0.537. The highest BCUT2D eigenvalue weighted by atomic mass is 79.9. The highest BCUT2D eigenvalue weighted by Gasteiger charge is 2.26. The zero-order chi connectivity index (χ0) is 17.2. The number of aromatic nitrogens is 1. The minimum absolute atomic E-state index is 0.452. The van der Waals surface area contributed by atoms with Crippen LogP contribution in [0.5, 0.6) is 0 Å². The molecule has 0 unspecified atom stereocenters. The topological polar surface area (TPSA) is 42.4 Å². The summed E-state index contributed by atoms with van der Waals surface area (Å²) >= 11 is 3.51. The minimum Gasteiger partial charge on any atom is -0.443 e. The van der Waals surface area contributed by atoms with Gasteiger partial charge in [0.05, 0.1) is 5.69 Å². The van der Waals surface area contributed by atoms with Crippen molar-refractivity contribution in [1.29, 1.82) is 0 Å². The molecule has 0 spiro atoms. The maximum absolute atomic E-state index is 12.7. The van der Waals surface area contributed by atoms with Gasteiger partial charge in [0.15, 0.2) is 0 Å². The Morgan fingerprint density at radius 1 is 1.17 bits per heavy atom. The molecule has 5 heteroatoms. The van der Waals surface area contributed by atoms with Crippen molar-refractivity contribution < 1.29 is 9.53 Å². The van der Waals surface area contributed by atoms with Crippen LogP contribution < -0.4 is 4.90 Å². The first kappa shape index (κ1) is 17.5. The number of halogens is 1. The normalized spacial score (nSPS) is 11.2. The highest BCUT2D eigenvalue weighted by molar-refractivity contribution is 9.10. The lowest BCUT2D eigenvalue weighted by Gasteiger charge is -2.27. The molecule has 1 amide bonds. The number of amides is 1. The van der Waals surface area contributed by atoms with E-state index in [9.17, 15) is 4.79 Å². The quantitative estimate of drug-likeness (QED) is 0.691. The second kappa shape index (κ2) is 6.71. The summed E-state index contributed by atoms with van der Waals surface area (Å²) in [5.41, 5.74) is 2.24. The molecule has 0 aliphatic carbocycles. The Morgan fingerprint density at radius 2 is 1.87 bits per heavy atom. The van der Waals surface area contributed by atoms with E-state index in [0.717, 1.165) is 15.6 Å². The number of hydrogen-bond donors (Lipinski definition) is 0. The number of anilines is 2. The maximum atomic E-state index is 12.7. The SMILES string of the molecule is Cc1ccnc(N(C(=O)OC(C)(C)C)c2ccc(C)c(Br)c2)c1. The molecule has 1 heterocycles. The van der Waals surface area contributed by atoms with Crippen LogP contribution in [0.25, 0.3) is 0 Å². The monoisotopic (exact) mass is 376 g/mol. The summed E-state index contributed by atoms with van der Waals surface area (Å²) in [7, 11) is 0. The summed E-state index contributed by atoms with van der Waals surface area (Å²) in [6.45, 7) is 9.49. The van der Waals surface area contributed by atoms with Crippen LogP contribution in [-0.2, 0) is 4.74 Å². The molecule has 0 aliphatic heterocycles. The van der Waals surface area contributed by atoms with E-state index in [1.165, 1.54) is 4.90 Å². The molecule has 122 valence electrons. The number of pyridine rings is 1. The van der Waals surface area contributed by atoms with Gasteiger partial charge >= 0.3 is 6.09 Å². The van der Waals surface area contributed by atoms with Crippen molar-refractivity contribution in [3.05, 3.63) is 52.1 Å². The van der Waals surface area contributed by atoms with Crippen molar-refractivity contribution in [3.63, 3.8) is 0 Å². The van der Waals surface area contributed by atoms with Crippen molar-refractivity contribution in [1.82, 2.24) is 4.98 Å². The third-order valence-electron chi connectivity index (χ3n) is 3.12. The Kier molecular flexibility index (Phi) is 5.09. The lowest BCUT2D eigenvalue weighted by atomic mass is 10.2. The van der Waals surface area contributed by atoms with Gasteiger partial charge in [-0.2, -0.15) is 0 Å². The van der Waals surface area contributed by atoms with Crippen LogP contribution in [-0.4, -0.2) is 16.7 Å².